The van der Waals surface area contributed by atoms with Crippen LogP contribution in [0.4, 0.5) is 0 Å². The molecule has 0 saturated carbocycles. The molecule has 0 aromatic heterocycles. The lowest BCUT2D eigenvalue weighted by atomic mass is 9.78. The van der Waals surface area contributed by atoms with Crippen LogP contribution in [0.15, 0.2) is 0 Å². The van der Waals surface area contributed by atoms with Gasteiger partial charge in [-0.1, -0.05) is 34.1 Å². The van der Waals surface area contributed by atoms with Crippen molar-refractivity contribution in [2.24, 2.45) is 11.3 Å². The van der Waals surface area contributed by atoms with E-state index in [2.05, 4.69) is 27.7 Å². The molecule has 0 radical (unpaired) electrons. The van der Waals surface area contributed by atoms with E-state index in [1.165, 1.54) is 12.8 Å². The van der Waals surface area contributed by atoms with Crippen LogP contribution in [-0.4, -0.2) is 24.9 Å². The largest absolute Gasteiger partial charge is 0.348 e. The summed E-state index contributed by atoms with van der Waals surface area (Å²) in [6.45, 7) is 9.87. The number of rotatable bonds is 7. The van der Waals surface area contributed by atoms with Crippen molar-refractivity contribution >= 4 is 6.41 Å². The van der Waals surface area contributed by atoms with E-state index in [1.807, 2.05) is 7.05 Å². The summed E-state index contributed by atoms with van der Waals surface area (Å²) in [4.78, 5) is 12.3. The Morgan fingerprint density at radius 2 is 2.00 bits per heavy atom. The highest BCUT2D eigenvalue weighted by atomic mass is 16.1. The maximum atomic E-state index is 10.6. The number of carbonyl (C=O) groups is 1. The fourth-order valence-corrected chi connectivity index (χ4v) is 1.95. The summed E-state index contributed by atoms with van der Waals surface area (Å²) in [7, 11) is 1.86. The molecule has 84 valence electrons. The Hall–Kier alpha value is -0.530. The van der Waals surface area contributed by atoms with E-state index < -0.39 is 0 Å². The van der Waals surface area contributed by atoms with Gasteiger partial charge in [0.1, 0.15) is 0 Å². The lowest BCUT2D eigenvalue weighted by molar-refractivity contribution is -0.118. The number of hydrogen-bond donors (Lipinski definition) is 0. The molecular formula is C12H25NO. The number of hydrogen-bond acceptors (Lipinski definition) is 1. The first-order valence-corrected chi connectivity index (χ1v) is 5.63. The molecule has 0 aliphatic rings. The highest BCUT2D eigenvalue weighted by molar-refractivity contribution is 5.46. The molecule has 0 N–H and O–H groups in total. The van der Waals surface area contributed by atoms with E-state index in [4.69, 9.17) is 0 Å². The van der Waals surface area contributed by atoms with Crippen LogP contribution in [0, 0.1) is 11.3 Å². The minimum atomic E-state index is 0.283. The van der Waals surface area contributed by atoms with E-state index in [9.17, 15) is 4.79 Å². The lowest BCUT2D eigenvalue weighted by Gasteiger charge is -2.33. The van der Waals surface area contributed by atoms with Crippen molar-refractivity contribution in [3.05, 3.63) is 0 Å². The Labute approximate surface area is 88.7 Å². The first kappa shape index (κ1) is 13.5. The van der Waals surface area contributed by atoms with Crippen molar-refractivity contribution in [3.63, 3.8) is 0 Å². The van der Waals surface area contributed by atoms with Gasteiger partial charge in [0.2, 0.25) is 6.41 Å². The topological polar surface area (TPSA) is 20.3 Å². The third kappa shape index (κ3) is 4.64. The summed E-state index contributed by atoms with van der Waals surface area (Å²) < 4.78 is 0. The van der Waals surface area contributed by atoms with Crippen LogP contribution in [0.3, 0.4) is 0 Å². The SMILES string of the molecule is CCC(C)CC(C)(CC)CN(C)C=O. The minimum absolute atomic E-state index is 0.283. The molecule has 0 aliphatic heterocycles. The van der Waals surface area contributed by atoms with Gasteiger partial charge < -0.3 is 4.90 Å². The normalized spacial score (nSPS) is 17.2. The molecule has 0 rings (SSSR count). The summed E-state index contributed by atoms with van der Waals surface area (Å²) >= 11 is 0. The lowest BCUT2D eigenvalue weighted by Crippen LogP contribution is -2.33. The monoisotopic (exact) mass is 199 g/mol. The molecule has 0 spiro atoms. The molecule has 0 aromatic rings. The van der Waals surface area contributed by atoms with E-state index in [0.717, 1.165) is 25.3 Å². The van der Waals surface area contributed by atoms with Crippen LogP contribution >= 0.6 is 0 Å². The Balaban J connectivity index is 4.23. The molecule has 2 atom stereocenters. The van der Waals surface area contributed by atoms with Gasteiger partial charge in [-0.3, -0.25) is 4.79 Å². The molecule has 0 bridgehead atoms. The first-order valence-electron chi connectivity index (χ1n) is 5.63. The third-order valence-corrected chi connectivity index (χ3v) is 3.20. The van der Waals surface area contributed by atoms with Gasteiger partial charge in [-0.05, 0) is 24.2 Å². The van der Waals surface area contributed by atoms with E-state index in [1.54, 1.807) is 4.90 Å². The Bertz CT molecular complexity index is 170. The molecular weight excluding hydrogens is 174 g/mol. The van der Waals surface area contributed by atoms with Gasteiger partial charge in [-0.15, -0.1) is 0 Å². The minimum Gasteiger partial charge on any atom is -0.348 e. The van der Waals surface area contributed by atoms with Crippen LogP contribution in [-0.2, 0) is 4.79 Å². The predicted octanol–water partition coefficient (Wildman–Crippen LogP) is 2.93. The Kier molecular flexibility index (Phi) is 5.82. The zero-order valence-electron chi connectivity index (χ0n) is 10.3. The van der Waals surface area contributed by atoms with Crippen molar-refractivity contribution in [2.45, 2.75) is 47.0 Å². The van der Waals surface area contributed by atoms with Crippen molar-refractivity contribution in [3.8, 4) is 0 Å². The zero-order chi connectivity index (χ0) is 11.2. The second-order valence-corrected chi connectivity index (χ2v) is 4.90. The molecule has 0 aliphatic carbocycles. The van der Waals surface area contributed by atoms with Crippen molar-refractivity contribution in [1.29, 1.82) is 0 Å². The van der Waals surface area contributed by atoms with Gasteiger partial charge in [0, 0.05) is 13.6 Å². The summed E-state index contributed by atoms with van der Waals surface area (Å²) in [6.07, 6.45) is 4.48. The quantitative estimate of drug-likeness (QED) is 0.577. The number of amides is 1. The van der Waals surface area contributed by atoms with Crippen LogP contribution in [0.25, 0.3) is 0 Å². The average molecular weight is 199 g/mol. The van der Waals surface area contributed by atoms with Gasteiger partial charge in [0.05, 0.1) is 0 Å². The summed E-state index contributed by atoms with van der Waals surface area (Å²) in [6, 6.07) is 0. The average Bonchev–Trinajstić information content (AvgIpc) is 2.17. The number of nitrogens with zero attached hydrogens (tertiary/aromatic N) is 1. The Morgan fingerprint density at radius 3 is 2.36 bits per heavy atom. The fraction of sp³-hybridized carbons (Fsp3) is 0.917. The van der Waals surface area contributed by atoms with Crippen molar-refractivity contribution < 1.29 is 4.79 Å². The molecule has 2 nitrogen and oxygen atoms in total. The smallest absolute Gasteiger partial charge is 0.209 e. The van der Waals surface area contributed by atoms with Gasteiger partial charge >= 0.3 is 0 Å². The molecule has 0 aromatic carbocycles. The Morgan fingerprint density at radius 1 is 1.43 bits per heavy atom. The van der Waals surface area contributed by atoms with E-state index >= 15 is 0 Å². The van der Waals surface area contributed by atoms with Gasteiger partial charge in [-0.25, -0.2) is 0 Å². The summed E-state index contributed by atoms with van der Waals surface area (Å²) in [5.74, 6) is 0.750. The zero-order valence-corrected chi connectivity index (χ0v) is 10.3. The molecule has 0 heterocycles. The fourth-order valence-electron chi connectivity index (χ4n) is 1.95. The van der Waals surface area contributed by atoms with E-state index in [-0.39, 0.29) is 5.41 Å². The third-order valence-electron chi connectivity index (χ3n) is 3.20. The predicted molar refractivity (Wildman–Crippen MR) is 61.2 cm³/mol. The second-order valence-electron chi connectivity index (χ2n) is 4.90. The summed E-state index contributed by atoms with van der Waals surface area (Å²) in [5, 5.41) is 0. The molecule has 0 fully saturated rings. The number of carbonyl (C=O) groups excluding carboxylic acids is 1. The van der Waals surface area contributed by atoms with Crippen molar-refractivity contribution in [2.75, 3.05) is 13.6 Å². The highest BCUT2D eigenvalue weighted by Gasteiger charge is 2.25. The van der Waals surface area contributed by atoms with Crippen LogP contribution < -0.4 is 0 Å². The van der Waals surface area contributed by atoms with Crippen LogP contribution in [0.5, 0.6) is 0 Å². The molecule has 14 heavy (non-hydrogen) atoms. The maximum Gasteiger partial charge on any atom is 0.209 e. The van der Waals surface area contributed by atoms with Crippen LogP contribution in [0.2, 0.25) is 0 Å². The van der Waals surface area contributed by atoms with E-state index in [0.29, 0.717) is 0 Å². The molecule has 2 unspecified atom stereocenters. The molecule has 0 saturated heterocycles. The summed E-state index contributed by atoms with van der Waals surface area (Å²) in [5.41, 5.74) is 0.283. The van der Waals surface area contributed by atoms with Crippen LogP contribution in [0.1, 0.15) is 47.0 Å². The highest BCUT2D eigenvalue weighted by Crippen LogP contribution is 2.31. The van der Waals surface area contributed by atoms with Gasteiger partial charge in [0.25, 0.3) is 0 Å². The van der Waals surface area contributed by atoms with Gasteiger partial charge in [-0.2, -0.15) is 0 Å². The molecule has 1 amide bonds. The standard InChI is InChI=1S/C12H25NO/c1-6-11(3)8-12(4,7-2)9-13(5)10-14/h10-11H,6-9H2,1-5H3. The molecule has 2 heteroatoms. The maximum absolute atomic E-state index is 10.6. The van der Waals surface area contributed by atoms with Gasteiger partial charge in [0.15, 0.2) is 0 Å². The van der Waals surface area contributed by atoms with Crippen molar-refractivity contribution in [1.82, 2.24) is 4.90 Å². The first-order chi connectivity index (χ1) is 6.47. The second kappa shape index (κ2) is 6.05.